The van der Waals surface area contributed by atoms with Gasteiger partial charge < -0.3 is 5.11 Å². The van der Waals surface area contributed by atoms with Crippen LogP contribution in [0.5, 0.6) is 0 Å². The third kappa shape index (κ3) is 2.66. The number of aliphatic hydroxyl groups excluding tert-OH is 1. The molecule has 2 aromatic carbocycles. The van der Waals surface area contributed by atoms with E-state index in [1.165, 1.54) is 12.1 Å². The van der Waals surface area contributed by atoms with Gasteiger partial charge in [0.15, 0.2) is 0 Å². The van der Waals surface area contributed by atoms with Crippen molar-refractivity contribution in [2.75, 3.05) is 0 Å². The molecule has 1 N–H and O–H groups in total. The fourth-order valence-corrected chi connectivity index (χ4v) is 1.88. The van der Waals surface area contributed by atoms with Gasteiger partial charge >= 0.3 is 0 Å². The quantitative estimate of drug-likeness (QED) is 0.678. The summed E-state index contributed by atoms with van der Waals surface area (Å²) in [5.74, 6) is 0. The van der Waals surface area contributed by atoms with Gasteiger partial charge in [-0.05, 0) is 17.7 Å². The lowest BCUT2D eigenvalue weighted by Gasteiger charge is -2.13. The molecule has 18 heavy (non-hydrogen) atoms. The molecule has 0 heterocycles. The van der Waals surface area contributed by atoms with Gasteiger partial charge in [-0.15, -0.1) is 0 Å². The molecule has 3 nitrogen and oxygen atoms in total. The molecule has 0 saturated heterocycles. The Morgan fingerprint density at radius 3 is 2.56 bits per heavy atom. The SMILES string of the molecule is O=C=Nc1cc(Cl)ccc1C(O)c1ccccc1. The van der Waals surface area contributed by atoms with Gasteiger partial charge in [-0.1, -0.05) is 48.0 Å². The first-order chi connectivity index (χ1) is 8.72. The number of carbonyl (C=O) groups excluding carboxylic acids is 1. The Labute approximate surface area is 109 Å². The zero-order valence-corrected chi connectivity index (χ0v) is 10.1. The zero-order chi connectivity index (χ0) is 13.0. The van der Waals surface area contributed by atoms with Crippen molar-refractivity contribution < 1.29 is 9.90 Å². The minimum absolute atomic E-state index is 0.328. The molecule has 4 heteroatoms. The summed E-state index contributed by atoms with van der Waals surface area (Å²) in [5, 5.41) is 10.7. The molecule has 0 fully saturated rings. The van der Waals surface area contributed by atoms with E-state index in [9.17, 15) is 9.90 Å². The topological polar surface area (TPSA) is 49.7 Å². The third-order valence-electron chi connectivity index (χ3n) is 2.57. The van der Waals surface area contributed by atoms with Crippen molar-refractivity contribution in [1.29, 1.82) is 0 Å². The van der Waals surface area contributed by atoms with Crippen LogP contribution in [0.2, 0.25) is 5.02 Å². The van der Waals surface area contributed by atoms with Crippen LogP contribution in [0, 0.1) is 0 Å². The van der Waals surface area contributed by atoms with Crippen molar-refractivity contribution in [2.24, 2.45) is 4.99 Å². The van der Waals surface area contributed by atoms with Crippen LogP contribution in [0.4, 0.5) is 5.69 Å². The lowest BCUT2D eigenvalue weighted by molar-refractivity contribution is 0.221. The minimum atomic E-state index is -0.851. The molecule has 90 valence electrons. The van der Waals surface area contributed by atoms with E-state index in [0.717, 1.165) is 5.56 Å². The molecule has 1 unspecified atom stereocenters. The number of rotatable bonds is 3. The molecule has 0 saturated carbocycles. The predicted octanol–water partition coefficient (Wildman–Crippen LogP) is 3.39. The van der Waals surface area contributed by atoms with Crippen molar-refractivity contribution in [3.63, 3.8) is 0 Å². The smallest absolute Gasteiger partial charge is 0.240 e. The summed E-state index contributed by atoms with van der Waals surface area (Å²) in [6, 6.07) is 13.9. The number of halogens is 1. The van der Waals surface area contributed by atoms with Crippen LogP contribution in [0.1, 0.15) is 17.2 Å². The molecule has 0 aromatic heterocycles. The van der Waals surface area contributed by atoms with Crippen LogP contribution >= 0.6 is 11.6 Å². The summed E-state index contributed by atoms with van der Waals surface area (Å²) in [6.07, 6.45) is 0.612. The van der Waals surface area contributed by atoms with Crippen LogP contribution in [-0.4, -0.2) is 11.2 Å². The van der Waals surface area contributed by atoms with Gasteiger partial charge in [0.1, 0.15) is 6.10 Å². The van der Waals surface area contributed by atoms with Crippen LogP contribution in [0.25, 0.3) is 0 Å². The number of aliphatic imine (C=N–C) groups is 1. The van der Waals surface area contributed by atoms with E-state index in [0.29, 0.717) is 16.3 Å². The Balaban J connectivity index is 2.48. The summed E-state index contributed by atoms with van der Waals surface area (Å²) < 4.78 is 0. The second-order valence-corrected chi connectivity index (χ2v) is 4.16. The number of hydrogen-bond acceptors (Lipinski definition) is 3. The highest BCUT2D eigenvalue weighted by molar-refractivity contribution is 6.30. The lowest BCUT2D eigenvalue weighted by atomic mass is 10.0. The molecular formula is C14H10ClNO2. The van der Waals surface area contributed by atoms with Gasteiger partial charge in [0.25, 0.3) is 0 Å². The van der Waals surface area contributed by atoms with E-state index >= 15 is 0 Å². The van der Waals surface area contributed by atoms with Gasteiger partial charge in [0, 0.05) is 10.6 Å². The average Bonchev–Trinajstić information content (AvgIpc) is 2.40. The summed E-state index contributed by atoms with van der Waals surface area (Å²) in [5.41, 5.74) is 1.57. The summed E-state index contributed by atoms with van der Waals surface area (Å²) in [6.45, 7) is 0. The lowest BCUT2D eigenvalue weighted by Crippen LogP contribution is -1.99. The maximum absolute atomic E-state index is 10.4. The first-order valence-corrected chi connectivity index (χ1v) is 5.70. The summed E-state index contributed by atoms with van der Waals surface area (Å²) >= 11 is 5.83. The molecule has 0 spiro atoms. The van der Waals surface area contributed by atoms with E-state index in [1.807, 2.05) is 18.2 Å². The van der Waals surface area contributed by atoms with Crippen LogP contribution in [0.15, 0.2) is 53.5 Å². The summed E-state index contributed by atoms with van der Waals surface area (Å²) in [7, 11) is 0. The Bertz CT molecular complexity index is 592. The fourth-order valence-electron chi connectivity index (χ4n) is 1.71. The molecule has 0 aliphatic rings. The van der Waals surface area contributed by atoms with Crippen molar-refractivity contribution in [2.45, 2.75) is 6.10 Å². The van der Waals surface area contributed by atoms with Crippen molar-refractivity contribution in [3.05, 3.63) is 64.7 Å². The molecule has 0 bridgehead atoms. The van der Waals surface area contributed by atoms with Gasteiger partial charge in [0.2, 0.25) is 6.08 Å². The predicted molar refractivity (Wildman–Crippen MR) is 69.7 cm³/mol. The van der Waals surface area contributed by atoms with E-state index in [4.69, 9.17) is 11.6 Å². The first-order valence-electron chi connectivity index (χ1n) is 5.32. The standard InChI is InChI=1S/C14H10ClNO2/c15-11-6-7-12(13(8-11)16-9-17)14(18)10-4-2-1-3-5-10/h1-8,14,18H. The van der Waals surface area contributed by atoms with Gasteiger partial charge in [-0.3, -0.25) is 0 Å². The number of isocyanates is 1. The zero-order valence-electron chi connectivity index (χ0n) is 9.38. The number of benzene rings is 2. The molecule has 0 amide bonds. The Hall–Kier alpha value is -1.93. The normalized spacial score (nSPS) is 11.7. The maximum atomic E-state index is 10.4. The fraction of sp³-hybridized carbons (Fsp3) is 0.0714. The number of aliphatic hydroxyl groups is 1. The highest BCUT2D eigenvalue weighted by Crippen LogP contribution is 2.32. The number of nitrogens with zero attached hydrogens (tertiary/aromatic N) is 1. The van der Waals surface area contributed by atoms with Gasteiger partial charge in [0.05, 0.1) is 5.69 Å². The summed E-state index contributed by atoms with van der Waals surface area (Å²) in [4.78, 5) is 13.9. The monoisotopic (exact) mass is 259 g/mol. The molecule has 0 aliphatic heterocycles. The van der Waals surface area contributed by atoms with E-state index < -0.39 is 6.10 Å². The van der Waals surface area contributed by atoms with Crippen molar-refractivity contribution >= 4 is 23.4 Å². The van der Waals surface area contributed by atoms with E-state index in [-0.39, 0.29) is 0 Å². The molecule has 1 atom stereocenters. The average molecular weight is 260 g/mol. The van der Waals surface area contributed by atoms with Crippen molar-refractivity contribution in [1.82, 2.24) is 0 Å². The van der Waals surface area contributed by atoms with Crippen molar-refractivity contribution in [3.8, 4) is 0 Å². The molecule has 0 radical (unpaired) electrons. The number of hydrogen-bond donors (Lipinski definition) is 1. The third-order valence-corrected chi connectivity index (χ3v) is 2.80. The molecular weight excluding hydrogens is 250 g/mol. The van der Waals surface area contributed by atoms with Crippen LogP contribution in [-0.2, 0) is 4.79 Å². The van der Waals surface area contributed by atoms with Crippen LogP contribution < -0.4 is 0 Å². The molecule has 2 aromatic rings. The molecule has 2 rings (SSSR count). The maximum Gasteiger partial charge on any atom is 0.240 e. The second-order valence-electron chi connectivity index (χ2n) is 3.72. The Morgan fingerprint density at radius 2 is 1.89 bits per heavy atom. The minimum Gasteiger partial charge on any atom is -0.384 e. The highest BCUT2D eigenvalue weighted by atomic mass is 35.5. The van der Waals surface area contributed by atoms with Gasteiger partial charge in [-0.25, -0.2) is 4.79 Å². The Kier molecular flexibility index (Phi) is 3.90. The Morgan fingerprint density at radius 1 is 1.17 bits per heavy atom. The van der Waals surface area contributed by atoms with E-state index in [2.05, 4.69) is 4.99 Å². The van der Waals surface area contributed by atoms with Crippen LogP contribution in [0.3, 0.4) is 0 Å². The largest absolute Gasteiger partial charge is 0.384 e. The van der Waals surface area contributed by atoms with E-state index in [1.54, 1.807) is 24.3 Å². The first kappa shape index (κ1) is 12.5. The second kappa shape index (κ2) is 5.61. The van der Waals surface area contributed by atoms with Gasteiger partial charge in [-0.2, -0.15) is 4.99 Å². The highest BCUT2D eigenvalue weighted by Gasteiger charge is 2.14. The molecule has 0 aliphatic carbocycles.